The van der Waals surface area contributed by atoms with Crippen molar-refractivity contribution in [1.29, 1.82) is 0 Å². The number of fused-ring (bicyclic) bond motifs is 1. The van der Waals surface area contributed by atoms with Crippen molar-refractivity contribution in [3.05, 3.63) is 58.2 Å². The summed E-state index contributed by atoms with van der Waals surface area (Å²) in [5.41, 5.74) is 2.09. The zero-order valence-corrected chi connectivity index (χ0v) is 19.5. The minimum atomic E-state index is -0.880. The molecule has 1 saturated heterocycles. The van der Waals surface area contributed by atoms with Gasteiger partial charge >= 0.3 is 0 Å². The van der Waals surface area contributed by atoms with Gasteiger partial charge in [-0.1, -0.05) is 16.8 Å². The second kappa shape index (κ2) is 8.72. The standard InChI is InChI=1S/C23H24ClN5O3S/c24-17-9-16(3-4-19(17)32-12-14-5-7-31-8-6-14)29-11-18(26-27-29)22(30)21-23(15-1-2-15)33-20-10-25-13-28(20)21/h3-4,9-11,13-15,22,30H,1-2,5-8,12H2/t22-/m0/s1. The summed E-state index contributed by atoms with van der Waals surface area (Å²) in [6.07, 6.45) is 8.79. The van der Waals surface area contributed by atoms with E-state index in [1.54, 1.807) is 34.6 Å². The van der Waals surface area contributed by atoms with E-state index < -0.39 is 6.10 Å². The summed E-state index contributed by atoms with van der Waals surface area (Å²) >= 11 is 8.19. The van der Waals surface area contributed by atoms with E-state index in [4.69, 9.17) is 21.1 Å². The van der Waals surface area contributed by atoms with Crippen molar-refractivity contribution in [2.24, 2.45) is 5.92 Å². The molecule has 33 heavy (non-hydrogen) atoms. The molecule has 8 nitrogen and oxygen atoms in total. The smallest absolute Gasteiger partial charge is 0.141 e. The van der Waals surface area contributed by atoms with E-state index in [-0.39, 0.29) is 0 Å². The number of aliphatic hydroxyl groups is 1. The highest BCUT2D eigenvalue weighted by molar-refractivity contribution is 7.17. The van der Waals surface area contributed by atoms with Crippen LogP contribution in [0.5, 0.6) is 5.75 Å². The van der Waals surface area contributed by atoms with Crippen LogP contribution in [0.15, 0.2) is 36.9 Å². The minimum Gasteiger partial charge on any atom is -0.492 e. The summed E-state index contributed by atoms with van der Waals surface area (Å²) in [7, 11) is 0. The summed E-state index contributed by atoms with van der Waals surface area (Å²) in [5, 5.41) is 20.2. The average molecular weight is 486 g/mol. The maximum atomic E-state index is 11.2. The van der Waals surface area contributed by atoms with Gasteiger partial charge in [0.2, 0.25) is 0 Å². The van der Waals surface area contributed by atoms with E-state index in [0.717, 1.165) is 55.1 Å². The Balaban J connectivity index is 1.21. The topological polar surface area (TPSA) is 86.7 Å². The summed E-state index contributed by atoms with van der Waals surface area (Å²) in [5.74, 6) is 1.66. The molecule has 3 aromatic heterocycles. The first-order valence-electron chi connectivity index (χ1n) is 11.2. The quantitative estimate of drug-likeness (QED) is 0.417. The number of imidazole rings is 1. The van der Waals surface area contributed by atoms with Crippen molar-refractivity contribution >= 4 is 27.8 Å². The van der Waals surface area contributed by atoms with Gasteiger partial charge in [0.25, 0.3) is 0 Å². The van der Waals surface area contributed by atoms with Gasteiger partial charge in [-0.15, -0.1) is 16.4 Å². The Hall–Kier alpha value is -2.46. The zero-order valence-electron chi connectivity index (χ0n) is 17.9. The van der Waals surface area contributed by atoms with E-state index in [9.17, 15) is 5.11 Å². The Morgan fingerprint density at radius 1 is 1.24 bits per heavy atom. The first-order valence-corrected chi connectivity index (χ1v) is 12.4. The Kier molecular flexibility index (Phi) is 5.57. The molecule has 0 bridgehead atoms. The maximum Gasteiger partial charge on any atom is 0.141 e. The first kappa shape index (κ1) is 21.1. The Morgan fingerprint density at radius 3 is 2.88 bits per heavy atom. The molecule has 0 amide bonds. The number of aromatic nitrogens is 5. The Bertz CT molecular complexity index is 1270. The molecular weight excluding hydrogens is 462 g/mol. The van der Waals surface area contributed by atoms with Crippen molar-refractivity contribution in [2.75, 3.05) is 19.8 Å². The third-order valence-electron chi connectivity index (χ3n) is 6.32. The van der Waals surface area contributed by atoms with Crippen LogP contribution >= 0.6 is 22.9 Å². The average Bonchev–Trinajstić information content (AvgIpc) is 3.22. The molecule has 2 fully saturated rings. The van der Waals surface area contributed by atoms with Crippen LogP contribution in [-0.4, -0.2) is 49.3 Å². The van der Waals surface area contributed by atoms with E-state index >= 15 is 0 Å². The largest absolute Gasteiger partial charge is 0.492 e. The molecule has 4 aromatic rings. The molecule has 0 spiro atoms. The van der Waals surface area contributed by atoms with Crippen LogP contribution in [0.2, 0.25) is 5.02 Å². The van der Waals surface area contributed by atoms with E-state index in [1.807, 2.05) is 22.7 Å². The number of rotatable bonds is 7. The van der Waals surface area contributed by atoms with Gasteiger partial charge in [0.15, 0.2) is 0 Å². The molecule has 0 radical (unpaired) electrons. The van der Waals surface area contributed by atoms with E-state index in [2.05, 4.69) is 15.3 Å². The SMILES string of the molecule is O[C@@H](c1cn(-c2ccc(OCC3CCOCC3)c(Cl)c2)nn1)c1c(C2CC2)sc2cncn12. The summed E-state index contributed by atoms with van der Waals surface area (Å²) in [6.45, 7) is 2.22. The lowest BCUT2D eigenvalue weighted by Gasteiger charge is -2.22. The van der Waals surface area contributed by atoms with Crippen LogP contribution < -0.4 is 4.74 Å². The van der Waals surface area contributed by atoms with Gasteiger partial charge in [0, 0.05) is 18.1 Å². The number of ether oxygens (including phenoxy) is 2. The molecule has 10 heteroatoms. The number of benzene rings is 1. The van der Waals surface area contributed by atoms with Crippen LogP contribution in [0, 0.1) is 5.92 Å². The molecule has 1 aliphatic carbocycles. The number of thiazole rings is 1. The number of halogens is 1. The minimum absolute atomic E-state index is 0.487. The molecule has 172 valence electrons. The lowest BCUT2D eigenvalue weighted by atomic mass is 10.0. The van der Waals surface area contributed by atoms with Gasteiger partial charge < -0.3 is 14.6 Å². The van der Waals surface area contributed by atoms with E-state index in [0.29, 0.717) is 34.9 Å². The fraction of sp³-hybridized carbons (Fsp3) is 0.435. The number of hydrogen-bond acceptors (Lipinski definition) is 7. The molecule has 1 aromatic carbocycles. The van der Waals surface area contributed by atoms with Crippen molar-refractivity contribution in [3.63, 3.8) is 0 Å². The van der Waals surface area contributed by atoms with Crippen molar-refractivity contribution in [2.45, 2.75) is 37.7 Å². The lowest BCUT2D eigenvalue weighted by Crippen LogP contribution is -2.21. The van der Waals surface area contributed by atoms with Crippen LogP contribution in [0.1, 0.15) is 54.0 Å². The van der Waals surface area contributed by atoms with Crippen molar-refractivity contribution < 1.29 is 14.6 Å². The van der Waals surface area contributed by atoms with Crippen LogP contribution in [0.25, 0.3) is 10.5 Å². The van der Waals surface area contributed by atoms with Crippen LogP contribution in [-0.2, 0) is 4.74 Å². The van der Waals surface area contributed by atoms with Gasteiger partial charge in [-0.3, -0.25) is 4.40 Å². The van der Waals surface area contributed by atoms with Crippen molar-refractivity contribution in [3.8, 4) is 11.4 Å². The molecule has 0 unspecified atom stereocenters. The van der Waals surface area contributed by atoms with Gasteiger partial charge in [0.1, 0.15) is 28.7 Å². The fourth-order valence-corrected chi connectivity index (χ4v) is 5.79. The highest BCUT2D eigenvalue weighted by atomic mass is 35.5. The van der Waals surface area contributed by atoms with E-state index in [1.165, 1.54) is 4.88 Å². The van der Waals surface area contributed by atoms with Gasteiger partial charge in [0.05, 0.1) is 35.4 Å². The molecule has 1 atom stereocenters. The second-order valence-corrected chi connectivity index (χ2v) is 10.2. The van der Waals surface area contributed by atoms with Gasteiger partial charge in [-0.2, -0.15) is 0 Å². The molecule has 6 rings (SSSR count). The zero-order chi connectivity index (χ0) is 22.4. The van der Waals surface area contributed by atoms with Gasteiger partial charge in [-0.05, 0) is 55.7 Å². The van der Waals surface area contributed by atoms with Crippen molar-refractivity contribution in [1.82, 2.24) is 24.4 Å². The monoisotopic (exact) mass is 485 g/mol. The molecule has 1 saturated carbocycles. The maximum absolute atomic E-state index is 11.2. The third kappa shape index (κ3) is 4.14. The highest BCUT2D eigenvalue weighted by Crippen LogP contribution is 2.47. The summed E-state index contributed by atoms with van der Waals surface area (Å²) < 4.78 is 14.9. The van der Waals surface area contributed by atoms with Gasteiger partial charge in [-0.25, -0.2) is 9.67 Å². The predicted molar refractivity (Wildman–Crippen MR) is 125 cm³/mol. The third-order valence-corrected chi connectivity index (χ3v) is 7.89. The predicted octanol–water partition coefficient (Wildman–Crippen LogP) is 4.39. The number of aliphatic hydroxyl groups excluding tert-OH is 1. The molecule has 1 N–H and O–H groups in total. The summed E-state index contributed by atoms with van der Waals surface area (Å²) in [4.78, 5) is 6.46. The molecule has 4 heterocycles. The Labute approximate surface area is 199 Å². The number of hydrogen-bond donors (Lipinski definition) is 1. The molecular formula is C23H24ClN5O3S. The normalized spacial score (nSPS) is 18.1. The highest BCUT2D eigenvalue weighted by Gasteiger charge is 2.33. The first-order chi connectivity index (χ1) is 16.2. The Morgan fingerprint density at radius 2 is 2.09 bits per heavy atom. The lowest BCUT2D eigenvalue weighted by molar-refractivity contribution is 0.0498. The van der Waals surface area contributed by atoms with Crippen LogP contribution in [0.4, 0.5) is 0 Å². The molecule has 1 aliphatic heterocycles. The van der Waals surface area contributed by atoms with Crippen LogP contribution in [0.3, 0.4) is 0 Å². The fourth-order valence-electron chi connectivity index (χ4n) is 4.27. The number of nitrogens with zero attached hydrogens (tertiary/aromatic N) is 5. The second-order valence-electron chi connectivity index (χ2n) is 8.70. The molecule has 2 aliphatic rings. The summed E-state index contributed by atoms with van der Waals surface area (Å²) in [6, 6.07) is 5.55.